The van der Waals surface area contributed by atoms with E-state index in [1.54, 1.807) is 19.1 Å². The van der Waals surface area contributed by atoms with Crippen molar-refractivity contribution in [2.24, 2.45) is 0 Å². The molecule has 0 atom stereocenters. The molecule has 0 aliphatic rings. The molecule has 3 aromatic rings. The van der Waals surface area contributed by atoms with Crippen molar-refractivity contribution in [1.82, 2.24) is 0 Å². The van der Waals surface area contributed by atoms with Crippen molar-refractivity contribution in [3.63, 3.8) is 0 Å². The summed E-state index contributed by atoms with van der Waals surface area (Å²) in [6.45, 7) is 3.62. The van der Waals surface area contributed by atoms with Gasteiger partial charge in [-0.15, -0.1) is 0 Å². The van der Waals surface area contributed by atoms with Crippen LogP contribution in [0.15, 0.2) is 54.6 Å². The molecule has 3 rings (SSSR count). The summed E-state index contributed by atoms with van der Waals surface area (Å²) in [6, 6.07) is 12.3. The number of nitro benzene ring substituents is 2. The number of carbonyl (C=O) groups is 2. The summed E-state index contributed by atoms with van der Waals surface area (Å²) in [5.41, 5.74) is 0.402. The van der Waals surface area contributed by atoms with E-state index in [-0.39, 0.29) is 22.5 Å². The Kier molecular flexibility index (Phi) is 6.34. The number of carboxylic acids is 1. The van der Waals surface area contributed by atoms with E-state index < -0.39 is 33.1 Å². The maximum Gasteiger partial charge on any atom is 0.335 e. The molecule has 0 saturated carbocycles. The molecule has 11 heteroatoms. The van der Waals surface area contributed by atoms with Crippen molar-refractivity contribution in [1.29, 1.82) is 0 Å². The molecule has 0 bridgehead atoms. The molecule has 168 valence electrons. The second-order valence-electron chi connectivity index (χ2n) is 7.18. The molecule has 0 aliphatic carbocycles. The van der Waals surface area contributed by atoms with Crippen LogP contribution < -0.4 is 10.6 Å². The second kappa shape index (κ2) is 9.14. The number of anilines is 3. The van der Waals surface area contributed by atoms with Crippen molar-refractivity contribution in [3.8, 4) is 0 Å². The van der Waals surface area contributed by atoms with Crippen molar-refractivity contribution in [3.05, 3.63) is 97.1 Å². The van der Waals surface area contributed by atoms with Crippen LogP contribution in [0.2, 0.25) is 0 Å². The minimum atomic E-state index is -1.15. The van der Waals surface area contributed by atoms with Gasteiger partial charge in [0.25, 0.3) is 5.91 Å². The highest BCUT2D eigenvalue weighted by Crippen LogP contribution is 2.38. The van der Waals surface area contributed by atoms with Gasteiger partial charge in [-0.2, -0.15) is 0 Å². The lowest BCUT2D eigenvalue weighted by molar-refractivity contribution is -0.392. The van der Waals surface area contributed by atoms with Gasteiger partial charge in [-0.25, -0.2) is 4.79 Å². The van der Waals surface area contributed by atoms with Crippen LogP contribution in [-0.2, 0) is 0 Å². The third-order valence-electron chi connectivity index (χ3n) is 4.78. The van der Waals surface area contributed by atoms with E-state index in [1.165, 1.54) is 24.3 Å². The fourth-order valence-electron chi connectivity index (χ4n) is 3.15. The number of hydrogen-bond donors (Lipinski definition) is 3. The third kappa shape index (κ3) is 5.10. The Morgan fingerprint density at radius 2 is 1.42 bits per heavy atom. The molecule has 0 aromatic heterocycles. The first-order valence-corrected chi connectivity index (χ1v) is 9.52. The van der Waals surface area contributed by atoms with E-state index in [9.17, 15) is 29.8 Å². The van der Waals surface area contributed by atoms with E-state index in [1.807, 2.05) is 13.0 Å². The minimum Gasteiger partial charge on any atom is -0.478 e. The molecule has 11 nitrogen and oxygen atoms in total. The molecule has 3 N–H and O–H groups in total. The molecular weight excluding hydrogens is 432 g/mol. The van der Waals surface area contributed by atoms with Crippen LogP contribution in [0.25, 0.3) is 0 Å². The van der Waals surface area contributed by atoms with E-state index in [0.717, 1.165) is 23.3 Å². The summed E-state index contributed by atoms with van der Waals surface area (Å²) in [5.74, 6) is -1.98. The predicted octanol–water partition coefficient (Wildman–Crippen LogP) is 4.81. The third-order valence-corrected chi connectivity index (χ3v) is 4.78. The van der Waals surface area contributed by atoms with Crippen LogP contribution in [-0.4, -0.2) is 26.8 Å². The molecule has 33 heavy (non-hydrogen) atoms. The van der Waals surface area contributed by atoms with Crippen molar-refractivity contribution < 1.29 is 24.5 Å². The smallest absolute Gasteiger partial charge is 0.335 e. The van der Waals surface area contributed by atoms with Crippen LogP contribution >= 0.6 is 0 Å². The lowest BCUT2D eigenvalue weighted by Crippen LogP contribution is -2.14. The SMILES string of the molecule is Cc1ccc(Nc2c([N+](=O)[O-])cc(C(=O)Nc3ccc(C(=O)O)cc3)cc2[N+](=O)[O-])c(C)c1. The summed E-state index contributed by atoms with van der Waals surface area (Å²) < 4.78 is 0. The molecule has 0 fully saturated rings. The molecule has 0 aliphatic heterocycles. The maximum atomic E-state index is 12.7. The average Bonchev–Trinajstić information content (AvgIpc) is 2.75. The molecule has 3 aromatic carbocycles. The molecule has 1 amide bonds. The fourth-order valence-corrected chi connectivity index (χ4v) is 3.15. The quantitative estimate of drug-likeness (QED) is 0.341. The zero-order valence-electron chi connectivity index (χ0n) is 17.5. The first kappa shape index (κ1) is 22.9. The molecular formula is C22H18N4O7. The highest BCUT2D eigenvalue weighted by atomic mass is 16.6. The van der Waals surface area contributed by atoms with Gasteiger partial charge in [-0.05, 0) is 49.7 Å². The molecule has 0 unspecified atom stereocenters. The van der Waals surface area contributed by atoms with Gasteiger partial charge in [0.15, 0.2) is 5.69 Å². The topological polar surface area (TPSA) is 165 Å². The number of rotatable bonds is 7. The number of amides is 1. The second-order valence-corrected chi connectivity index (χ2v) is 7.18. The number of nitrogens with one attached hydrogen (secondary N) is 2. The van der Waals surface area contributed by atoms with Crippen LogP contribution in [0.5, 0.6) is 0 Å². The van der Waals surface area contributed by atoms with Gasteiger partial charge >= 0.3 is 17.3 Å². The van der Waals surface area contributed by atoms with Gasteiger partial charge in [0.1, 0.15) is 0 Å². The van der Waals surface area contributed by atoms with Gasteiger partial charge in [-0.1, -0.05) is 17.7 Å². The summed E-state index contributed by atoms with van der Waals surface area (Å²) in [5, 5.41) is 37.6. The van der Waals surface area contributed by atoms with Crippen LogP contribution in [0.3, 0.4) is 0 Å². The summed E-state index contributed by atoms with van der Waals surface area (Å²) in [7, 11) is 0. The summed E-state index contributed by atoms with van der Waals surface area (Å²) in [6.07, 6.45) is 0. The van der Waals surface area contributed by atoms with Crippen LogP contribution in [0, 0.1) is 34.1 Å². The van der Waals surface area contributed by atoms with Crippen LogP contribution in [0.1, 0.15) is 31.8 Å². The number of nitrogens with zero attached hydrogens (tertiary/aromatic N) is 2. The lowest BCUT2D eigenvalue weighted by Gasteiger charge is -2.12. The lowest BCUT2D eigenvalue weighted by atomic mass is 10.1. The van der Waals surface area contributed by atoms with E-state index in [4.69, 9.17) is 5.11 Å². The Morgan fingerprint density at radius 3 is 1.91 bits per heavy atom. The standard InChI is InChI=1S/C22H18N4O7/c1-12-3-8-17(13(2)9-12)24-20-18(25(30)31)10-15(11-19(20)26(32)33)21(27)23-16-6-4-14(5-7-16)22(28)29/h3-11,24H,1-2H3,(H,23,27)(H,28,29). The summed E-state index contributed by atoms with van der Waals surface area (Å²) in [4.78, 5) is 45.4. The van der Waals surface area contributed by atoms with E-state index in [0.29, 0.717) is 5.69 Å². The number of carbonyl (C=O) groups excluding carboxylic acids is 1. The Balaban J connectivity index is 2.01. The Morgan fingerprint density at radius 1 is 0.848 bits per heavy atom. The van der Waals surface area contributed by atoms with Gasteiger partial charge < -0.3 is 15.7 Å². The van der Waals surface area contributed by atoms with Gasteiger partial charge in [0, 0.05) is 23.5 Å². The Hall–Kier alpha value is -4.80. The normalized spacial score (nSPS) is 10.4. The molecule has 0 heterocycles. The highest BCUT2D eigenvalue weighted by molar-refractivity contribution is 6.06. The first-order valence-electron chi connectivity index (χ1n) is 9.52. The number of hydrogen-bond acceptors (Lipinski definition) is 7. The van der Waals surface area contributed by atoms with Gasteiger partial charge in [-0.3, -0.25) is 25.0 Å². The van der Waals surface area contributed by atoms with E-state index in [2.05, 4.69) is 10.6 Å². The number of aromatic carboxylic acids is 1. The van der Waals surface area contributed by atoms with E-state index >= 15 is 0 Å². The maximum absolute atomic E-state index is 12.7. The monoisotopic (exact) mass is 450 g/mol. The minimum absolute atomic E-state index is 0.00102. The molecule has 0 radical (unpaired) electrons. The highest BCUT2D eigenvalue weighted by Gasteiger charge is 2.29. The van der Waals surface area contributed by atoms with Crippen molar-refractivity contribution >= 4 is 40.3 Å². The number of carboxylic acid groups (broad SMARTS) is 1. The Labute approximate surface area is 187 Å². The Bertz CT molecular complexity index is 1250. The first-order chi connectivity index (χ1) is 15.6. The number of aryl methyl sites for hydroxylation is 2. The predicted molar refractivity (Wildman–Crippen MR) is 120 cm³/mol. The summed E-state index contributed by atoms with van der Waals surface area (Å²) >= 11 is 0. The zero-order chi connectivity index (χ0) is 24.3. The molecule has 0 saturated heterocycles. The largest absolute Gasteiger partial charge is 0.478 e. The average molecular weight is 450 g/mol. The van der Waals surface area contributed by atoms with Gasteiger partial charge in [0.2, 0.25) is 0 Å². The van der Waals surface area contributed by atoms with Gasteiger partial charge in [0.05, 0.1) is 21.0 Å². The molecule has 0 spiro atoms. The zero-order valence-corrected chi connectivity index (χ0v) is 17.5. The van der Waals surface area contributed by atoms with Crippen molar-refractivity contribution in [2.75, 3.05) is 10.6 Å². The van der Waals surface area contributed by atoms with Crippen molar-refractivity contribution in [2.45, 2.75) is 13.8 Å². The fraction of sp³-hybridized carbons (Fsp3) is 0.0909. The number of nitro groups is 2. The van der Waals surface area contributed by atoms with Crippen LogP contribution in [0.4, 0.5) is 28.4 Å². The number of benzene rings is 3.